The van der Waals surface area contributed by atoms with E-state index in [4.69, 9.17) is 11.6 Å². The molecule has 0 spiro atoms. The number of benzene rings is 1. The van der Waals surface area contributed by atoms with E-state index in [1.807, 2.05) is 24.3 Å². The minimum absolute atomic E-state index is 0.0384. The van der Waals surface area contributed by atoms with Crippen molar-refractivity contribution in [2.75, 3.05) is 0 Å². The van der Waals surface area contributed by atoms with E-state index in [0.717, 1.165) is 10.0 Å². The van der Waals surface area contributed by atoms with Gasteiger partial charge in [-0.1, -0.05) is 39.7 Å². The highest BCUT2D eigenvalue weighted by Crippen LogP contribution is 2.13. The maximum atomic E-state index is 11.9. The number of pyridine rings is 1. The predicted molar refractivity (Wildman–Crippen MR) is 71.4 cm³/mol. The summed E-state index contributed by atoms with van der Waals surface area (Å²) < 4.78 is 1.00. The topological polar surface area (TPSA) is 30.0 Å². The van der Waals surface area contributed by atoms with Gasteiger partial charge < -0.3 is 0 Å². The molecule has 1 aromatic carbocycles. The van der Waals surface area contributed by atoms with Crippen molar-refractivity contribution in [3.05, 3.63) is 63.3 Å². The van der Waals surface area contributed by atoms with Crippen LogP contribution in [0.2, 0.25) is 5.15 Å². The molecule has 0 bridgehead atoms. The Bertz CT molecular complexity index is 522. The number of ketones is 1. The molecule has 0 aliphatic carbocycles. The van der Waals surface area contributed by atoms with Gasteiger partial charge in [0.1, 0.15) is 5.15 Å². The van der Waals surface area contributed by atoms with Crippen LogP contribution in [-0.4, -0.2) is 10.8 Å². The molecular weight excluding hydrogens is 302 g/mol. The van der Waals surface area contributed by atoms with Crippen molar-refractivity contribution in [2.45, 2.75) is 6.42 Å². The number of halogens is 2. The molecule has 2 aromatic rings. The van der Waals surface area contributed by atoms with Crippen LogP contribution in [0.1, 0.15) is 15.9 Å². The smallest absolute Gasteiger partial charge is 0.168 e. The summed E-state index contributed by atoms with van der Waals surface area (Å²) in [5.41, 5.74) is 1.56. The Morgan fingerprint density at radius 3 is 2.47 bits per heavy atom. The second kappa shape index (κ2) is 5.43. The molecule has 0 saturated heterocycles. The maximum absolute atomic E-state index is 11.9. The summed E-state index contributed by atoms with van der Waals surface area (Å²) in [6, 6.07) is 11.0. The Kier molecular flexibility index (Phi) is 3.92. The van der Waals surface area contributed by atoms with Gasteiger partial charge in [0.25, 0.3) is 0 Å². The van der Waals surface area contributed by atoms with E-state index in [-0.39, 0.29) is 5.78 Å². The molecule has 1 heterocycles. The lowest BCUT2D eigenvalue weighted by Gasteiger charge is -2.01. The number of aromatic nitrogens is 1. The lowest BCUT2D eigenvalue weighted by Crippen LogP contribution is -2.03. The minimum Gasteiger partial charge on any atom is -0.294 e. The number of rotatable bonds is 3. The van der Waals surface area contributed by atoms with E-state index < -0.39 is 0 Å². The van der Waals surface area contributed by atoms with Gasteiger partial charge >= 0.3 is 0 Å². The fourth-order valence-electron chi connectivity index (χ4n) is 1.43. The second-order valence-electron chi connectivity index (χ2n) is 3.60. The number of hydrogen-bond donors (Lipinski definition) is 0. The molecule has 0 aliphatic rings. The van der Waals surface area contributed by atoms with Crippen LogP contribution in [0.25, 0.3) is 0 Å². The summed E-state index contributed by atoms with van der Waals surface area (Å²) in [5, 5.41) is 0.394. The summed E-state index contributed by atoms with van der Waals surface area (Å²) in [6.07, 6.45) is 1.88. The highest BCUT2D eigenvalue weighted by Gasteiger charge is 2.07. The van der Waals surface area contributed by atoms with Gasteiger partial charge in [0.05, 0.1) is 0 Å². The lowest BCUT2D eigenvalue weighted by molar-refractivity contribution is 0.0992. The molecule has 0 unspecified atom stereocenters. The third kappa shape index (κ3) is 3.38. The number of nitrogens with zero attached hydrogens (tertiary/aromatic N) is 1. The van der Waals surface area contributed by atoms with Gasteiger partial charge in [0.2, 0.25) is 0 Å². The van der Waals surface area contributed by atoms with Gasteiger partial charge in [-0.2, -0.15) is 0 Å². The lowest BCUT2D eigenvalue weighted by atomic mass is 10.0. The first kappa shape index (κ1) is 12.3. The van der Waals surface area contributed by atoms with Crippen molar-refractivity contribution in [1.82, 2.24) is 4.98 Å². The Labute approximate surface area is 113 Å². The summed E-state index contributed by atoms with van der Waals surface area (Å²) in [6.45, 7) is 0. The first-order valence-electron chi connectivity index (χ1n) is 5.04. The molecule has 0 radical (unpaired) electrons. The molecule has 0 amide bonds. The normalized spacial score (nSPS) is 10.2. The van der Waals surface area contributed by atoms with Crippen LogP contribution >= 0.6 is 27.5 Å². The van der Waals surface area contributed by atoms with Crippen LogP contribution in [0.5, 0.6) is 0 Å². The first-order chi connectivity index (χ1) is 8.15. The van der Waals surface area contributed by atoms with Crippen molar-refractivity contribution >= 4 is 33.3 Å². The average Bonchev–Trinajstić information content (AvgIpc) is 2.33. The van der Waals surface area contributed by atoms with Gasteiger partial charge in [-0.25, -0.2) is 4.98 Å². The largest absolute Gasteiger partial charge is 0.294 e. The molecule has 2 nitrogen and oxygen atoms in total. The molecule has 86 valence electrons. The van der Waals surface area contributed by atoms with Crippen molar-refractivity contribution in [2.24, 2.45) is 0 Å². The molecule has 0 N–H and O–H groups in total. The van der Waals surface area contributed by atoms with Crippen LogP contribution < -0.4 is 0 Å². The molecule has 17 heavy (non-hydrogen) atoms. The molecule has 0 fully saturated rings. The monoisotopic (exact) mass is 309 g/mol. The van der Waals surface area contributed by atoms with Gasteiger partial charge in [-0.3, -0.25) is 4.79 Å². The van der Waals surface area contributed by atoms with Gasteiger partial charge in [-0.05, 0) is 29.8 Å². The fourth-order valence-corrected chi connectivity index (χ4v) is 1.81. The molecule has 2 rings (SSSR count). The van der Waals surface area contributed by atoms with E-state index in [1.54, 1.807) is 12.1 Å². The van der Waals surface area contributed by atoms with E-state index in [9.17, 15) is 4.79 Å². The van der Waals surface area contributed by atoms with Gasteiger partial charge in [-0.15, -0.1) is 0 Å². The van der Waals surface area contributed by atoms with Crippen LogP contribution in [-0.2, 0) is 6.42 Å². The number of carbonyl (C=O) groups is 1. The SMILES string of the molecule is O=C(Cc1ccc(Br)cc1)c1ccc(Cl)nc1. The fraction of sp³-hybridized carbons (Fsp3) is 0.0769. The number of hydrogen-bond acceptors (Lipinski definition) is 2. The molecule has 0 atom stereocenters. The zero-order valence-electron chi connectivity index (χ0n) is 8.86. The average molecular weight is 311 g/mol. The predicted octanol–water partition coefficient (Wildman–Crippen LogP) is 3.92. The van der Waals surface area contributed by atoms with Crippen molar-refractivity contribution in [3.8, 4) is 0 Å². The zero-order chi connectivity index (χ0) is 12.3. The zero-order valence-corrected chi connectivity index (χ0v) is 11.2. The molecule has 0 aliphatic heterocycles. The Balaban J connectivity index is 2.11. The standard InChI is InChI=1S/C13H9BrClNO/c14-11-4-1-9(2-5-11)7-12(17)10-3-6-13(15)16-8-10/h1-6,8H,7H2. The van der Waals surface area contributed by atoms with Crippen LogP contribution in [0.15, 0.2) is 47.1 Å². The minimum atomic E-state index is 0.0384. The number of Topliss-reactive ketones (excluding diaryl/α,β-unsaturated/α-hetero) is 1. The third-order valence-electron chi connectivity index (χ3n) is 2.33. The Morgan fingerprint density at radius 2 is 1.88 bits per heavy atom. The van der Waals surface area contributed by atoms with E-state index >= 15 is 0 Å². The highest BCUT2D eigenvalue weighted by molar-refractivity contribution is 9.10. The summed E-state index contributed by atoms with van der Waals surface area (Å²) in [7, 11) is 0. The third-order valence-corrected chi connectivity index (χ3v) is 3.08. The quantitative estimate of drug-likeness (QED) is 0.635. The van der Waals surface area contributed by atoms with Crippen molar-refractivity contribution in [3.63, 3.8) is 0 Å². The Morgan fingerprint density at radius 1 is 1.18 bits per heavy atom. The first-order valence-corrected chi connectivity index (χ1v) is 6.21. The summed E-state index contributed by atoms with van der Waals surface area (Å²) >= 11 is 9.02. The van der Waals surface area contributed by atoms with Crippen LogP contribution in [0, 0.1) is 0 Å². The molecular formula is C13H9BrClNO. The van der Waals surface area contributed by atoms with Crippen molar-refractivity contribution in [1.29, 1.82) is 0 Å². The number of carbonyl (C=O) groups excluding carboxylic acids is 1. The summed E-state index contributed by atoms with van der Waals surface area (Å²) in [4.78, 5) is 15.8. The molecule has 0 saturated carbocycles. The van der Waals surface area contributed by atoms with E-state index in [1.165, 1.54) is 6.20 Å². The van der Waals surface area contributed by atoms with Gasteiger partial charge in [0.15, 0.2) is 5.78 Å². The second-order valence-corrected chi connectivity index (χ2v) is 4.90. The van der Waals surface area contributed by atoms with E-state index in [2.05, 4.69) is 20.9 Å². The van der Waals surface area contributed by atoms with Crippen molar-refractivity contribution < 1.29 is 4.79 Å². The van der Waals surface area contributed by atoms with Crippen LogP contribution in [0.3, 0.4) is 0 Å². The molecule has 1 aromatic heterocycles. The summed E-state index contributed by atoms with van der Waals surface area (Å²) in [5.74, 6) is 0.0384. The van der Waals surface area contributed by atoms with Crippen LogP contribution in [0.4, 0.5) is 0 Å². The highest BCUT2D eigenvalue weighted by atomic mass is 79.9. The Hall–Kier alpha value is -1.19. The van der Waals surface area contributed by atoms with Gasteiger partial charge in [0, 0.05) is 22.7 Å². The van der Waals surface area contributed by atoms with E-state index in [0.29, 0.717) is 17.1 Å². The maximum Gasteiger partial charge on any atom is 0.168 e. The molecule has 4 heteroatoms.